The Hall–Kier alpha value is -3.21. The Labute approximate surface area is 146 Å². The fourth-order valence-corrected chi connectivity index (χ4v) is 2.33. The summed E-state index contributed by atoms with van der Waals surface area (Å²) >= 11 is 0. The average Bonchev–Trinajstić information content (AvgIpc) is 2.64. The molecule has 3 aromatic rings. The van der Waals surface area contributed by atoms with Crippen molar-refractivity contribution >= 4 is 11.6 Å². The summed E-state index contributed by atoms with van der Waals surface area (Å²) in [4.78, 5) is 14.0. The third-order valence-corrected chi connectivity index (χ3v) is 3.79. The number of benzene rings is 2. The van der Waals surface area contributed by atoms with E-state index < -0.39 is 0 Å². The van der Waals surface area contributed by atoms with E-state index in [1.165, 1.54) is 0 Å². The zero-order valence-corrected chi connectivity index (χ0v) is 14.2. The Morgan fingerprint density at radius 2 is 1.68 bits per heavy atom. The summed E-state index contributed by atoms with van der Waals surface area (Å²) in [7, 11) is 1.77. The molecule has 1 aromatic heterocycles. The number of rotatable bonds is 5. The van der Waals surface area contributed by atoms with Crippen LogP contribution in [0.1, 0.15) is 11.3 Å². The second-order valence-corrected chi connectivity index (χ2v) is 5.72. The van der Waals surface area contributed by atoms with Crippen molar-refractivity contribution < 1.29 is 9.53 Å². The van der Waals surface area contributed by atoms with Crippen molar-refractivity contribution in [1.29, 1.82) is 0 Å². The first-order valence-corrected chi connectivity index (χ1v) is 8.00. The van der Waals surface area contributed by atoms with E-state index in [0.29, 0.717) is 18.1 Å². The predicted octanol–water partition coefficient (Wildman–Crippen LogP) is 3.78. The number of hydrogen-bond acceptors (Lipinski definition) is 4. The van der Waals surface area contributed by atoms with Crippen molar-refractivity contribution in [2.45, 2.75) is 13.3 Å². The van der Waals surface area contributed by atoms with Crippen LogP contribution >= 0.6 is 0 Å². The first-order valence-electron chi connectivity index (χ1n) is 8.00. The lowest BCUT2D eigenvalue weighted by Crippen LogP contribution is -2.27. The SMILES string of the molecule is Cc1ccc(Oc2ccc(N(C)C(=O)Cc3ccccc3)cc2)nn1. The standard InChI is InChI=1S/C20H19N3O2/c1-15-8-13-19(22-21-15)25-18-11-9-17(10-12-18)23(2)20(24)14-16-6-4-3-5-7-16/h3-13H,14H2,1-2H3. The number of aryl methyl sites for hydroxylation is 1. The Morgan fingerprint density at radius 3 is 2.32 bits per heavy atom. The van der Waals surface area contributed by atoms with E-state index in [1.54, 1.807) is 18.0 Å². The summed E-state index contributed by atoms with van der Waals surface area (Å²) < 4.78 is 5.65. The first-order chi connectivity index (χ1) is 12.1. The van der Waals surface area contributed by atoms with Gasteiger partial charge in [-0.25, -0.2) is 0 Å². The highest BCUT2D eigenvalue weighted by atomic mass is 16.5. The van der Waals surface area contributed by atoms with Gasteiger partial charge in [-0.05, 0) is 42.8 Å². The fraction of sp³-hybridized carbons (Fsp3) is 0.150. The quantitative estimate of drug-likeness (QED) is 0.713. The van der Waals surface area contributed by atoms with Gasteiger partial charge in [0.1, 0.15) is 5.75 Å². The number of ether oxygens (including phenoxy) is 1. The van der Waals surface area contributed by atoms with Gasteiger partial charge in [0.15, 0.2) is 0 Å². The lowest BCUT2D eigenvalue weighted by Gasteiger charge is -2.17. The van der Waals surface area contributed by atoms with Crippen LogP contribution in [0.25, 0.3) is 0 Å². The summed E-state index contributed by atoms with van der Waals surface area (Å²) in [5, 5.41) is 7.93. The lowest BCUT2D eigenvalue weighted by atomic mass is 10.1. The van der Waals surface area contributed by atoms with Gasteiger partial charge in [-0.2, -0.15) is 5.10 Å². The van der Waals surface area contributed by atoms with Gasteiger partial charge >= 0.3 is 0 Å². The van der Waals surface area contributed by atoms with Crippen LogP contribution in [-0.2, 0) is 11.2 Å². The maximum atomic E-state index is 12.4. The van der Waals surface area contributed by atoms with E-state index in [2.05, 4.69) is 10.2 Å². The van der Waals surface area contributed by atoms with E-state index >= 15 is 0 Å². The summed E-state index contributed by atoms with van der Waals surface area (Å²) in [6, 6.07) is 20.6. The van der Waals surface area contributed by atoms with E-state index in [-0.39, 0.29) is 5.91 Å². The number of nitrogens with zero attached hydrogens (tertiary/aromatic N) is 3. The van der Waals surface area contributed by atoms with E-state index in [1.807, 2.05) is 67.6 Å². The van der Waals surface area contributed by atoms with Crippen LogP contribution in [0.2, 0.25) is 0 Å². The monoisotopic (exact) mass is 333 g/mol. The van der Waals surface area contributed by atoms with Crippen LogP contribution in [0.15, 0.2) is 66.7 Å². The van der Waals surface area contributed by atoms with Gasteiger partial charge in [0.05, 0.1) is 12.1 Å². The third-order valence-electron chi connectivity index (χ3n) is 3.79. The van der Waals surface area contributed by atoms with Crippen LogP contribution < -0.4 is 9.64 Å². The topological polar surface area (TPSA) is 55.3 Å². The molecule has 0 aliphatic heterocycles. The molecule has 5 nitrogen and oxygen atoms in total. The summed E-state index contributed by atoms with van der Waals surface area (Å²) in [5.74, 6) is 1.11. The number of aromatic nitrogens is 2. The normalized spacial score (nSPS) is 10.3. The molecule has 2 aromatic carbocycles. The molecule has 0 unspecified atom stereocenters. The molecule has 1 heterocycles. The maximum Gasteiger partial charge on any atom is 0.238 e. The third kappa shape index (κ3) is 4.41. The van der Waals surface area contributed by atoms with Crippen LogP contribution in [0.3, 0.4) is 0 Å². The molecule has 3 rings (SSSR count). The molecule has 126 valence electrons. The molecule has 0 fully saturated rings. The molecule has 0 spiro atoms. The second-order valence-electron chi connectivity index (χ2n) is 5.72. The van der Waals surface area contributed by atoms with Crippen molar-refractivity contribution in [3.63, 3.8) is 0 Å². The lowest BCUT2D eigenvalue weighted by molar-refractivity contribution is -0.117. The van der Waals surface area contributed by atoms with Crippen molar-refractivity contribution in [3.8, 4) is 11.6 Å². The first kappa shape index (κ1) is 16.6. The number of anilines is 1. The van der Waals surface area contributed by atoms with Crippen LogP contribution in [0, 0.1) is 6.92 Å². The number of hydrogen-bond donors (Lipinski definition) is 0. The Bertz CT molecular complexity index is 831. The van der Waals surface area contributed by atoms with Gasteiger partial charge in [0.2, 0.25) is 11.8 Å². The number of carbonyl (C=O) groups excluding carboxylic acids is 1. The second kappa shape index (κ2) is 7.57. The number of amides is 1. The minimum absolute atomic E-state index is 0.0317. The van der Waals surface area contributed by atoms with E-state index in [9.17, 15) is 4.79 Å². The van der Waals surface area contributed by atoms with Gasteiger partial charge in [0.25, 0.3) is 0 Å². The molecule has 1 amide bonds. The maximum absolute atomic E-state index is 12.4. The van der Waals surface area contributed by atoms with Gasteiger partial charge in [-0.1, -0.05) is 30.3 Å². The van der Waals surface area contributed by atoms with Crippen molar-refractivity contribution in [2.24, 2.45) is 0 Å². The van der Waals surface area contributed by atoms with Crippen LogP contribution in [-0.4, -0.2) is 23.2 Å². The molecule has 0 saturated carbocycles. The number of carbonyl (C=O) groups is 1. The molecule has 0 atom stereocenters. The summed E-state index contributed by atoms with van der Waals surface area (Å²) in [5.41, 5.74) is 2.64. The van der Waals surface area contributed by atoms with Gasteiger partial charge in [-0.15, -0.1) is 5.10 Å². The molecule has 5 heteroatoms. The van der Waals surface area contributed by atoms with Crippen molar-refractivity contribution in [1.82, 2.24) is 10.2 Å². The molecular weight excluding hydrogens is 314 g/mol. The highest BCUT2D eigenvalue weighted by molar-refractivity contribution is 5.94. The Balaban J connectivity index is 1.64. The fourth-order valence-electron chi connectivity index (χ4n) is 2.33. The zero-order chi connectivity index (χ0) is 17.6. The highest BCUT2D eigenvalue weighted by Gasteiger charge is 2.12. The minimum Gasteiger partial charge on any atom is -0.438 e. The van der Waals surface area contributed by atoms with E-state index in [4.69, 9.17) is 4.74 Å². The van der Waals surface area contributed by atoms with Crippen LogP contribution in [0.5, 0.6) is 11.6 Å². The zero-order valence-electron chi connectivity index (χ0n) is 14.2. The minimum atomic E-state index is 0.0317. The molecule has 0 saturated heterocycles. The van der Waals surface area contributed by atoms with Crippen molar-refractivity contribution in [3.05, 3.63) is 78.0 Å². The smallest absolute Gasteiger partial charge is 0.238 e. The molecule has 0 aliphatic carbocycles. The molecule has 25 heavy (non-hydrogen) atoms. The van der Waals surface area contributed by atoms with Gasteiger partial charge in [-0.3, -0.25) is 4.79 Å². The summed E-state index contributed by atoms with van der Waals surface area (Å²) in [6.45, 7) is 1.87. The Kier molecular flexibility index (Phi) is 5.04. The molecule has 0 aliphatic rings. The van der Waals surface area contributed by atoms with Crippen molar-refractivity contribution in [2.75, 3.05) is 11.9 Å². The average molecular weight is 333 g/mol. The van der Waals surface area contributed by atoms with Gasteiger partial charge < -0.3 is 9.64 Å². The molecular formula is C20H19N3O2. The summed E-state index contributed by atoms with van der Waals surface area (Å²) in [6.07, 6.45) is 0.370. The van der Waals surface area contributed by atoms with Gasteiger partial charge in [0, 0.05) is 18.8 Å². The van der Waals surface area contributed by atoms with E-state index in [0.717, 1.165) is 16.9 Å². The molecule has 0 bridgehead atoms. The van der Waals surface area contributed by atoms with Crippen LogP contribution in [0.4, 0.5) is 5.69 Å². The number of likely N-dealkylation sites (N-methyl/N-ethyl adjacent to an activating group) is 1. The predicted molar refractivity (Wildman–Crippen MR) is 96.8 cm³/mol. The Morgan fingerprint density at radius 1 is 0.960 bits per heavy atom. The molecule has 0 radical (unpaired) electrons. The highest BCUT2D eigenvalue weighted by Crippen LogP contribution is 2.23. The molecule has 0 N–H and O–H groups in total. The largest absolute Gasteiger partial charge is 0.438 e.